The number of aryl methyl sites for hydroxylation is 1. The van der Waals surface area contributed by atoms with Crippen molar-refractivity contribution in [2.45, 2.75) is 39.7 Å². The maximum Gasteiger partial charge on any atom is 0.129 e. The van der Waals surface area contributed by atoms with Gasteiger partial charge in [0, 0.05) is 18.3 Å². The molecule has 0 radical (unpaired) electrons. The van der Waals surface area contributed by atoms with Gasteiger partial charge in [-0.25, -0.2) is 0 Å². The van der Waals surface area contributed by atoms with Crippen LogP contribution in [0, 0.1) is 5.92 Å². The van der Waals surface area contributed by atoms with Gasteiger partial charge in [0.15, 0.2) is 0 Å². The van der Waals surface area contributed by atoms with E-state index in [9.17, 15) is 0 Å². The van der Waals surface area contributed by atoms with Gasteiger partial charge in [-0.15, -0.1) is 0 Å². The molecule has 0 fully saturated rings. The molecule has 2 aromatic rings. The van der Waals surface area contributed by atoms with E-state index in [2.05, 4.69) is 79.7 Å². The highest BCUT2D eigenvalue weighted by Crippen LogP contribution is 2.29. The molecule has 0 spiro atoms. The summed E-state index contributed by atoms with van der Waals surface area (Å²) in [6.07, 6.45) is 7.56. The maximum absolute atomic E-state index is 6.05. The molecule has 0 aliphatic carbocycles. The number of allylic oxidation sites excluding steroid dienone is 1. The molecule has 1 N–H and O–H groups in total. The quantitative estimate of drug-likeness (QED) is 0.680. The molecule has 1 aliphatic rings. The number of nitrogens with one attached hydrogen (secondary N) is 1. The van der Waals surface area contributed by atoms with Crippen LogP contribution in [0.15, 0.2) is 54.7 Å². The van der Waals surface area contributed by atoms with Crippen molar-refractivity contribution in [2.24, 2.45) is 5.92 Å². The Hall–Kier alpha value is -2.26. The van der Waals surface area contributed by atoms with E-state index in [-0.39, 0.29) is 0 Å². The van der Waals surface area contributed by atoms with Crippen molar-refractivity contribution in [2.75, 3.05) is 18.9 Å². The summed E-state index contributed by atoms with van der Waals surface area (Å²) in [4.78, 5) is 2.38. The number of fused-ring (bicyclic) bond motifs is 1. The molecule has 0 saturated heterocycles. The van der Waals surface area contributed by atoms with E-state index in [1.54, 1.807) is 0 Å². The Morgan fingerprint density at radius 3 is 2.62 bits per heavy atom. The Bertz CT molecular complexity index is 734. The molecule has 3 heteroatoms. The third-order valence-corrected chi connectivity index (χ3v) is 4.72. The zero-order valence-corrected chi connectivity index (χ0v) is 16.2. The number of hydrogen-bond donors (Lipinski definition) is 1. The van der Waals surface area contributed by atoms with Crippen LogP contribution in [0.1, 0.15) is 37.8 Å². The zero-order chi connectivity index (χ0) is 18.4. The molecule has 3 nitrogen and oxygen atoms in total. The molecule has 0 unspecified atom stereocenters. The number of rotatable bonds is 7. The SMILES string of the molecule is CC(C)CCN(C)Cc1ccc(Oc2ccc3c(c2)NC=CCC3)cc1. The lowest BCUT2D eigenvalue weighted by molar-refractivity contribution is 0.303. The fourth-order valence-electron chi connectivity index (χ4n) is 3.11. The van der Waals surface area contributed by atoms with Crippen LogP contribution >= 0.6 is 0 Å². The van der Waals surface area contributed by atoms with Gasteiger partial charge in [-0.05, 0) is 74.3 Å². The highest BCUT2D eigenvalue weighted by atomic mass is 16.5. The van der Waals surface area contributed by atoms with E-state index < -0.39 is 0 Å². The Kier molecular flexibility index (Phi) is 6.35. The van der Waals surface area contributed by atoms with Crippen LogP contribution in [0.25, 0.3) is 0 Å². The Balaban J connectivity index is 1.59. The van der Waals surface area contributed by atoms with Crippen LogP contribution in [0.2, 0.25) is 0 Å². The van der Waals surface area contributed by atoms with Gasteiger partial charge in [-0.2, -0.15) is 0 Å². The topological polar surface area (TPSA) is 24.5 Å². The summed E-state index contributed by atoms with van der Waals surface area (Å²) in [7, 11) is 2.18. The number of ether oxygens (including phenoxy) is 1. The summed E-state index contributed by atoms with van der Waals surface area (Å²) in [5.74, 6) is 2.50. The molecule has 138 valence electrons. The summed E-state index contributed by atoms with van der Waals surface area (Å²) in [6, 6.07) is 14.7. The van der Waals surface area contributed by atoms with E-state index in [4.69, 9.17) is 4.74 Å². The van der Waals surface area contributed by atoms with Gasteiger partial charge >= 0.3 is 0 Å². The summed E-state index contributed by atoms with van der Waals surface area (Å²) in [5.41, 5.74) is 3.79. The van der Waals surface area contributed by atoms with Crippen LogP contribution in [-0.2, 0) is 13.0 Å². The Morgan fingerprint density at radius 1 is 1.08 bits per heavy atom. The Morgan fingerprint density at radius 2 is 1.85 bits per heavy atom. The van der Waals surface area contributed by atoms with Gasteiger partial charge in [0.25, 0.3) is 0 Å². The van der Waals surface area contributed by atoms with Gasteiger partial charge in [0.2, 0.25) is 0 Å². The summed E-state index contributed by atoms with van der Waals surface area (Å²) in [5, 5.41) is 3.34. The van der Waals surface area contributed by atoms with Crippen LogP contribution in [0.3, 0.4) is 0 Å². The van der Waals surface area contributed by atoms with Gasteiger partial charge in [0.1, 0.15) is 11.5 Å². The van der Waals surface area contributed by atoms with Crippen molar-refractivity contribution in [1.82, 2.24) is 4.90 Å². The molecule has 1 heterocycles. The first-order valence-electron chi connectivity index (χ1n) is 9.60. The van der Waals surface area contributed by atoms with Crippen molar-refractivity contribution in [3.63, 3.8) is 0 Å². The van der Waals surface area contributed by atoms with E-state index >= 15 is 0 Å². The highest BCUT2D eigenvalue weighted by molar-refractivity contribution is 5.58. The zero-order valence-electron chi connectivity index (χ0n) is 16.2. The average Bonchev–Trinajstić information content (AvgIpc) is 2.86. The fraction of sp³-hybridized carbons (Fsp3) is 0.391. The van der Waals surface area contributed by atoms with Gasteiger partial charge < -0.3 is 15.0 Å². The van der Waals surface area contributed by atoms with Crippen molar-refractivity contribution >= 4 is 5.69 Å². The van der Waals surface area contributed by atoms with Gasteiger partial charge in [-0.3, -0.25) is 0 Å². The highest BCUT2D eigenvalue weighted by Gasteiger charge is 2.07. The normalized spacial score (nSPS) is 13.4. The molecule has 0 saturated carbocycles. The maximum atomic E-state index is 6.05. The van der Waals surface area contributed by atoms with E-state index in [1.165, 1.54) is 17.5 Å². The second-order valence-electron chi connectivity index (χ2n) is 7.57. The van der Waals surface area contributed by atoms with Gasteiger partial charge in [0.05, 0.1) is 0 Å². The second-order valence-corrected chi connectivity index (χ2v) is 7.57. The molecule has 0 bridgehead atoms. The minimum atomic E-state index is 0.749. The van der Waals surface area contributed by atoms with Crippen LogP contribution < -0.4 is 10.1 Å². The summed E-state index contributed by atoms with van der Waals surface area (Å²) < 4.78 is 6.05. The molecule has 26 heavy (non-hydrogen) atoms. The number of nitrogens with zero attached hydrogens (tertiary/aromatic N) is 1. The molecule has 0 atom stereocenters. The number of hydrogen-bond acceptors (Lipinski definition) is 3. The molecule has 0 amide bonds. The third kappa shape index (κ3) is 5.37. The lowest BCUT2D eigenvalue weighted by Crippen LogP contribution is -2.20. The summed E-state index contributed by atoms with van der Waals surface area (Å²) >= 11 is 0. The number of benzene rings is 2. The minimum Gasteiger partial charge on any atom is -0.457 e. The predicted octanol–water partition coefficient (Wildman–Crippen LogP) is 5.83. The average molecular weight is 351 g/mol. The first kappa shape index (κ1) is 18.5. The monoisotopic (exact) mass is 350 g/mol. The molecule has 3 rings (SSSR count). The number of anilines is 1. The lowest BCUT2D eigenvalue weighted by atomic mass is 10.1. The lowest BCUT2D eigenvalue weighted by Gasteiger charge is -2.18. The molecule has 2 aromatic carbocycles. The molecule has 0 aromatic heterocycles. The van der Waals surface area contributed by atoms with Gasteiger partial charge in [-0.1, -0.05) is 38.1 Å². The van der Waals surface area contributed by atoms with Crippen LogP contribution in [0.5, 0.6) is 11.5 Å². The first-order valence-corrected chi connectivity index (χ1v) is 9.60. The van der Waals surface area contributed by atoms with Crippen LogP contribution in [-0.4, -0.2) is 18.5 Å². The largest absolute Gasteiger partial charge is 0.457 e. The fourth-order valence-corrected chi connectivity index (χ4v) is 3.11. The van der Waals surface area contributed by atoms with Crippen molar-refractivity contribution in [1.29, 1.82) is 0 Å². The minimum absolute atomic E-state index is 0.749. The second kappa shape index (κ2) is 8.91. The van der Waals surface area contributed by atoms with Crippen molar-refractivity contribution in [3.8, 4) is 11.5 Å². The molecular weight excluding hydrogens is 320 g/mol. The van der Waals surface area contributed by atoms with Crippen molar-refractivity contribution < 1.29 is 4.74 Å². The Labute approximate surface area is 157 Å². The predicted molar refractivity (Wildman–Crippen MR) is 110 cm³/mol. The van der Waals surface area contributed by atoms with Crippen LogP contribution in [0.4, 0.5) is 5.69 Å². The smallest absolute Gasteiger partial charge is 0.129 e. The van der Waals surface area contributed by atoms with E-state index in [0.29, 0.717) is 0 Å². The third-order valence-electron chi connectivity index (χ3n) is 4.72. The standard InChI is InChI=1S/C23H30N2O/c1-18(2)13-15-25(3)17-19-7-10-21(11-8-19)26-22-12-9-20-6-4-5-14-24-23(20)16-22/h5,7-12,14,16,18,24H,4,6,13,15,17H2,1-3H3. The first-order chi connectivity index (χ1) is 12.6. The van der Waals surface area contributed by atoms with E-state index in [1.807, 2.05) is 6.20 Å². The molecule has 1 aliphatic heterocycles. The van der Waals surface area contributed by atoms with Crippen molar-refractivity contribution in [3.05, 3.63) is 65.9 Å². The summed E-state index contributed by atoms with van der Waals surface area (Å²) in [6.45, 7) is 6.65. The van der Waals surface area contributed by atoms with E-state index in [0.717, 1.165) is 49.0 Å². The molecular formula is C23H30N2O.